The van der Waals surface area contributed by atoms with Gasteiger partial charge in [0.1, 0.15) is 11.2 Å². The molecule has 1 heterocycles. The Hall–Kier alpha value is -4.05. The Balaban J connectivity index is 1.65. The predicted octanol–water partition coefficient (Wildman–Crippen LogP) is 7.00. The second kappa shape index (κ2) is 8.62. The largest absolute Gasteiger partial charge is 0.293 e. The molecule has 2 aliphatic rings. The van der Waals surface area contributed by atoms with Crippen molar-refractivity contribution in [2.75, 3.05) is 5.01 Å². The number of anilines is 1. The Morgan fingerprint density at radius 1 is 0.800 bits per heavy atom. The summed E-state index contributed by atoms with van der Waals surface area (Å²) in [6.45, 7) is 0. The number of halogens is 1. The molecule has 0 aromatic heterocycles. The van der Waals surface area contributed by atoms with Gasteiger partial charge in [0.05, 0.1) is 17.4 Å². The van der Waals surface area contributed by atoms with Crippen LogP contribution in [0.5, 0.6) is 0 Å². The van der Waals surface area contributed by atoms with Crippen LogP contribution in [0.2, 0.25) is 0 Å². The molecule has 0 amide bonds. The summed E-state index contributed by atoms with van der Waals surface area (Å²) in [6, 6.07) is 34.0. The third-order valence-electron chi connectivity index (χ3n) is 7.28. The van der Waals surface area contributed by atoms with Crippen molar-refractivity contribution in [3.8, 4) is 0 Å². The molecule has 3 nitrogen and oxygen atoms in total. The molecule has 0 fully saturated rings. The van der Waals surface area contributed by atoms with Crippen LogP contribution in [-0.2, 0) is 6.42 Å². The third-order valence-corrected chi connectivity index (χ3v) is 7.28. The number of carbonyl (C=O) groups is 1. The van der Waals surface area contributed by atoms with Gasteiger partial charge in [0.25, 0.3) is 0 Å². The van der Waals surface area contributed by atoms with E-state index in [4.69, 9.17) is 5.10 Å². The number of aryl methyl sites for hydroxylation is 1. The summed E-state index contributed by atoms with van der Waals surface area (Å²) in [5.41, 5.74) is 4.41. The van der Waals surface area contributed by atoms with Gasteiger partial charge in [0, 0.05) is 5.56 Å². The Kier molecular flexibility index (Phi) is 5.29. The number of Topliss-reactive ketones (excluding diaryl/α,β-unsaturated/α-hetero) is 1. The zero-order valence-corrected chi connectivity index (χ0v) is 19.3. The average Bonchev–Trinajstić information content (AvgIpc) is 3.18. The number of benzene rings is 4. The molecule has 1 aliphatic heterocycles. The van der Waals surface area contributed by atoms with Crippen molar-refractivity contribution in [3.63, 3.8) is 0 Å². The fourth-order valence-corrected chi connectivity index (χ4v) is 5.72. The van der Waals surface area contributed by atoms with E-state index in [1.165, 1.54) is 12.1 Å². The SMILES string of the molecule is O=C1c2ccccc2CCCC12C(c1ccccc1)=NN(c1ccccc1)C2c1ccc(F)cc1. The van der Waals surface area contributed by atoms with Crippen molar-refractivity contribution in [3.05, 3.63) is 137 Å². The minimum atomic E-state index is -0.915. The lowest BCUT2D eigenvalue weighted by atomic mass is 9.65. The van der Waals surface area contributed by atoms with Gasteiger partial charge >= 0.3 is 0 Å². The van der Waals surface area contributed by atoms with E-state index < -0.39 is 11.5 Å². The fraction of sp³-hybridized carbons (Fsp3) is 0.161. The highest BCUT2D eigenvalue weighted by Gasteiger charge is 2.58. The summed E-state index contributed by atoms with van der Waals surface area (Å²) < 4.78 is 14.0. The first kappa shape index (κ1) is 21.5. The van der Waals surface area contributed by atoms with Crippen LogP contribution in [0.4, 0.5) is 10.1 Å². The lowest BCUT2D eigenvalue weighted by Gasteiger charge is -2.37. The highest BCUT2D eigenvalue weighted by molar-refractivity contribution is 6.24. The Morgan fingerprint density at radius 3 is 2.20 bits per heavy atom. The van der Waals surface area contributed by atoms with Gasteiger partial charge in [-0.05, 0) is 60.2 Å². The van der Waals surface area contributed by atoms with Crippen LogP contribution in [-0.4, -0.2) is 11.5 Å². The maximum absolute atomic E-state index is 14.7. The quantitative estimate of drug-likeness (QED) is 0.330. The molecule has 0 N–H and O–H groups in total. The van der Waals surface area contributed by atoms with Crippen molar-refractivity contribution in [1.29, 1.82) is 0 Å². The number of rotatable bonds is 3. The molecule has 0 saturated carbocycles. The van der Waals surface area contributed by atoms with Crippen molar-refractivity contribution in [2.24, 2.45) is 10.5 Å². The number of para-hydroxylation sites is 1. The Labute approximate surface area is 204 Å². The maximum Gasteiger partial charge on any atom is 0.177 e. The second-order valence-corrected chi connectivity index (χ2v) is 9.26. The van der Waals surface area contributed by atoms with Crippen LogP contribution < -0.4 is 5.01 Å². The van der Waals surface area contributed by atoms with Gasteiger partial charge in [-0.2, -0.15) is 5.10 Å². The smallest absolute Gasteiger partial charge is 0.177 e. The van der Waals surface area contributed by atoms with E-state index in [2.05, 4.69) is 6.07 Å². The van der Waals surface area contributed by atoms with E-state index in [0.29, 0.717) is 6.42 Å². The van der Waals surface area contributed by atoms with Crippen LogP contribution in [0.3, 0.4) is 0 Å². The first-order valence-corrected chi connectivity index (χ1v) is 12.1. The number of fused-ring (bicyclic) bond motifs is 1. The van der Waals surface area contributed by atoms with E-state index in [1.807, 2.05) is 83.9 Å². The summed E-state index contributed by atoms with van der Waals surface area (Å²) in [4.78, 5) is 14.7. The van der Waals surface area contributed by atoms with Crippen LogP contribution >= 0.6 is 0 Å². The third kappa shape index (κ3) is 3.48. The summed E-state index contributed by atoms with van der Waals surface area (Å²) in [5, 5.41) is 7.16. The molecule has 4 aromatic carbocycles. The van der Waals surface area contributed by atoms with E-state index in [1.54, 1.807) is 12.1 Å². The van der Waals surface area contributed by atoms with Crippen LogP contribution in [0.1, 0.15) is 45.9 Å². The molecule has 6 rings (SSSR count). The number of ketones is 1. The predicted molar refractivity (Wildman–Crippen MR) is 137 cm³/mol. The molecule has 0 saturated heterocycles. The molecule has 0 radical (unpaired) electrons. The molecule has 35 heavy (non-hydrogen) atoms. The van der Waals surface area contributed by atoms with Gasteiger partial charge in [-0.15, -0.1) is 0 Å². The first-order valence-electron chi connectivity index (χ1n) is 12.1. The second-order valence-electron chi connectivity index (χ2n) is 9.26. The average molecular weight is 461 g/mol. The number of hydrogen-bond donors (Lipinski definition) is 0. The molecule has 2 unspecified atom stereocenters. The topological polar surface area (TPSA) is 32.7 Å². The number of hydrazone groups is 1. The van der Waals surface area contributed by atoms with E-state index in [-0.39, 0.29) is 11.6 Å². The van der Waals surface area contributed by atoms with Crippen LogP contribution in [0.15, 0.2) is 114 Å². The molecule has 4 heteroatoms. The van der Waals surface area contributed by atoms with Crippen molar-refractivity contribution < 1.29 is 9.18 Å². The lowest BCUT2D eigenvalue weighted by Crippen LogP contribution is -2.44. The fourth-order valence-electron chi connectivity index (χ4n) is 5.72. The minimum absolute atomic E-state index is 0.0842. The molecule has 172 valence electrons. The zero-order chi connectivity index (χ0) is 23.8. The highest BCUT2D eigenvalue weighted by Crippen LogP contribution is 2.54. The Morgan fingerprint density at radius 2 is 1.46 bits per heavy atom. The molecular formula is C31H25FN2O. The monoisotopic (exact) mass is 460 g/mol. The van der Waals surface area contributed by atoms with Gasteiger partial charge < -0.3 is 0 Å². The van der Waals surface area contributed by atoms with Crippen molar-refractivity contribution in [2.45, 2.75) is 25.3 Å². The molecule has 4 aromatic rings. The molecule has 2 atom stereocenters. The first-order chi connectivity index (χ1) is 17.2. The summed E-state index contributed by atoms with van der Waals surface area (Å²) in [6.07, 6.45) is 2.35. The normalized spacial score (nSPS) is 21.5. The number of carbonyl (C=O) groups excluding carboxylic acids is 1. The number of nitrogens with zero attached hydrogens (tertiary/aromatic N) is 2. The number of hydrogen-bond acceptors (Lipinski definition) is 3. The van der Waals surface area contributed by atoms with Gasteiger partial charge in [0.2, 0.25) is 0 Å². The Bertz CT molecular complexity index is 1400. The lowest BCUT2D eigenvalue weighted by molar-refractivity contribution is 0.0843. The molecular weight excluding hydrogens is 435 g/mol. The van der Waals surface area contributed by atoms with Gasteiger partial charge in [-0.25, -0.2) is 4.39 Å². The zero-order valence-electron chi connectivity index (χ0n) is 19.3. The summed E-state index contributed by atoms with van der Waals surface area (Å²) >= 11 is 0. The molecule has 0 bridgehead atoms. The molecule has 1 aliphatic carbocycles. The standard InChI is InChI=1S/C31H25FN2O/c32-25-19-17-24(18-20-25)29-31(21-9-13-22-10-7-8-16-27(22)30(31)35)28(23-11-3-1-4-12-23)33-34(29)26-14-5-2-6-15-26/h1-8,10-12,14-20,29H,9,13,21H2. The van der Waals surface area contributed by atoms with Gasteiger partial charge in [0.15, 0.2) is 5.78 Å². The van der Waals surface area contributed by atoms with Crippen molar-refractivity contribution in [1.82, 2.24) is 0 Å². The van der Waals surface area contributed by atoms with Crippen LogP contribution in [0, 0.1) is 11.2 Å². The van der Waals surface area contributed by atoms with Gasteiger partial charge in [-0.3, -0.25) is 9.80 Å². The van der Waals surface area contributed by atoms with E-state index >= 15 is 0 Å². The van der Waals surface area contributed by atoms with Crippen LogP contribution in [0.25, 0.3) is 0 Å². The highest BCUT2D eigenvalue weighted by atomic mass is 19.1. The van der Waals surface area contributed by atoms with Crippen molar-refractivity contribution >= 4 is 17.2 Å². The van der Waals surface area contributed by atoms with E-state index in [0.717, 1.165) is 46.5 Å². The van der Waals surface area contributed by atoms with Gasteiger partial charge in [-0.1, -0.05) is 84.9 Å². The minimum Gasteiger partial charge on any atom is -0.293 e. The summed E-state index contributed by atoms with van der Waals surface area (Å²) in [7, 11) is 0. The van der Waals surface area contributed by atoms with E-state index in [9.17, 15) is 9.18 Å². The maximum atomic E-state index is 14.7. The molecule has 1 spiro atoms. The summed E-state index contributed by atoms with van der Waals surface area (Å²) in [5.74, 6) is -0.213.